The average Bonchev–Trinajstić information content (AvgIpc) is 2.90. The van der Waals surface area contributed by atoms with E-state index in [0.717, 1.165) is 0 Å². The van der Waals surface area contributed by atoms with Crippen molar-refractivity contribution in [1.29, 1.82) is 0 Å². The molecule has 7 nitrogen and oxygen atoms in total. The molecular weight excluding hydrogens is 407 g/mol. The highest BCUT2D eigenvalue weighted by atomic mass is 35.5. The van der Waals surface area contributed by atoms with Crippen LogP contribution in [0.2, 0.25) is 5.15 Å². The monoisotopic (exact) mass is 422 g/mol. The number of sulfonamides is 1. The van der Waals surface area contributed by atoms with Crippen LogP contribution in [0.4, 0.5) is 10.1 Å². The van der Waals surface area contributed by atoms with Gasteiger partial charge in [-0.1, -0.05) is 23.7 Å². The lowest BCUT2D eigenvalue weighted by atomic mass is 10.2. The number of aryl methyl sites for hydroxylation is 1. The van der Waals surface area contributed by atoms with E-state index in [2.05, 4.69) is 10.4 Å². The van der Waals surface area contributed by atoms with Crippen LogP contribution in [0.3, 0.4) is 0 Å². The van der Waals surface area contributed by atoms with E-state index in [1.54, 1.807) is 31.2 Å². The average molecular weight is 423 g/mol. The van der Waals surface area contributed by atoms with Gasteiger partial charge in [-0.05, 0) is 48.9 Å². The van der Waals surface area contributed by atoms with E-state index in [1.165, 1.54) is 28.9 Å². The van der Waals surface area contributed by atoms with E-state index in [1.807, 2.05) is 0 Å². The molecule has 0 spiro atoms. The molecule has 0 aliphatic heterocycles. The Morgan fingerprint density at radius 2 is 1.79 bits per heavy atom. The number of hydrogen-bond donors (Lipinski definition) is 2. The molecule has 1 amide bonds. The summed E-state index contributed by atoms with van der Waals surface area (Å²) in [7, 11) is -3.63. The second-order valence-electron chi connectivity index (χ2n) is 6.10. The Morgan fingerprint density at radius 1 is 1.18 bits per heavy atom. The van der Waals surface area contributed by atoms with E-state index in [0.29, 0.717) is 22.6 Å². The molecule has 146 valence electrons. The fraction of sp³-hybridized carbons (Fsp3) is 0.111. The Kier molecular flexibility index (Phi) is 5.50. The first-order valence-corrected chi connectivity index (χ1v) is 10.2. The minimum atomic E-state index is -3.63. The van der Waals surface area contributed by atoms with Gasteiger partial charge in [0, 0.05) is 5.69 Å². The zero-order valence-corrected chi connectivity index (χ0v) is 16.3. The van der Waals surface area contributed by atoms with Crippen molar-refractivity contribution in [2.45, 2.75) is 12.7 Å². The first-order chi connectivity index (χ1) is 13.1. The summed E-state index contributed by atoms with van der Waals surface area (Å²) >= 11 is 6.33. The summed E-state index contributed by atoms with van der Waals surface area (Å²) in [5.41, 5.74) is 2.05. The fourth-order valence-electron chi connectivity index (χ4n) is 2.62. The molecule has 0 saturated heterocycles. The molecule has 2 aromatic carbocycles. The maximum absolute atomic E-state index is 13.1. The standard InChI is InChI=1S/C18H16ClFN4O3S/c1-11-16(17(19)24(23-11)15-8-4-13(20)5-9-15)18(25)22-14-6-2-12(3-7-14)10-28(21,26)27/h2-9H,10H2,1H3,(H,22,25)(H2,21,26,27). The number of rotatable bonds is 5. The summed E-state index contributed by atoms with van der Waals surface area (Å²) in [5.74, 6) is -1.17. The zero-order valence-electron chi connectivity index (χ0n) is 14.7. The Balaban J connectivity index is 1.82. The van der Waals surface area contributed by atoms with Crippen LogP contribution in [0.15, 0.2) is 48.5 Å². The van der Waals surface area contributed by atoms with Crippen LogP contribution >= 0.6 is 11.6 Å². The number of carbonyl (C=O) groups excluding carboxylic acids is 1. The van der Waals surface area contributed by atoms with Crippen LogP contribution in [0.1, 0.15) is 21.6 Å². The number of carbonyl (C=O) groups is 1. The minimum Gasteiger partial charge on any atom is -0.322 e. The lowest BCUT2D eigenvalue weighted by Crippen LogP contribution is -2.15. The molecule has 28 heavy (non-hydrogen) atoms. The van der Waals surface area contributed by atoms with Crippen molar-refractivity contribution >= 4 is 33.2 Å². The number of primary sulfonamides is 1. The number of halogens is 2. The van der Waals surface area contributed by atoms with Gasteiger partial charge in [-0.15, -0.1) is 0 Å². The fourth-order valence-corrected chi connectivity index (χ4v) is 3.64. The molecule has 3 N–H and O–H groups in total. The van der Waals surface area contributed by atoms with Crippen molar-refractivity contribution in [3.63, 3.8) is 0 Å². The van der Waals surface area contributed by atoms with Crippen molar-refractivity contribution in [3.05, 3.63) is 76.3 Å². The van der Waals surface area contributed by atoms with Crippen LogP contribution < -0.4 is 10.5 Å². The number of aromatic nitrogens is 2. The van der Waals surface area contributed by atoms with Crippen molar-refractivity contribution in [1.82, 2.24) is 9.78 Å². The first-order valence-electron chi connectivity index (χ1n) is 8.06. The predicted molar refractivity (Wildman–Crippen MR) is 104 cm³/mol. The van der Waals surface area contributed by atoms with Crippen molar-refractivity contribution in [2.75, 3.05) is 5.32 Å². The number of nitrogens with zero attached hydrogens (tertiary/aromatic N) is 2. The lowest BCUT2D eigenvalue weighted by molar-refractivity contribution is 0.102. The third-order valence-corrected chi connectivity index (χ3v) is 4.97. The SMILES string of the molecule is Cc1nn(-c2ccc(F)cc2)c(Cl)c1C(=O)Nc1ccc(CS(N)(=O)=O)cc1. The summed E-state index contributed by atoms with van der Waals surface area (Å²) in [6.45, 7) is 1.63. The predicted octanol–water partition coefficient (Wildman–Crippen LogP) is 3.01. The van der Waals surface area contributed by atoms with Crippen molar-refractivity contribution in [3.8, 4) is 5.69 Å². The summed E-state index contributed by atoms with van der Waals surface area (Å²) in [4.78, 5) is 12.6. The summed E-state index contributed by atoms with van der Waals surface area (Å²) < 4.78 is 36.7. The molecule has 0 unspecified atom stereocenters. The minimum absolute atomic E-state index is 0.0902. The van der Waals surface area contributed by atoms with Gasteiger partial charge in [0.15, 0.2) is 0 Å². The normalized spacial score (nSPS) is 11.4. The van der Waals surface area contributed by atoms with Gasteiger partial charge < -0.3 is 5.32 Å². The Labute approximate surface area is 166 Å². The topological polar surface area (TPSA) is 107 Å². The van der Waals surface area contributed by atoms with E-state index >= 15 is 0 Å². The molecule has 10 heteroatoms. The molecule has 3 aromatic rings. The Bertz CT molecular complexity index is 1130. The molecule has 0 atom stereocenters. The van der Waals surface area contributed by atoms with Gasteiger partial charge in [-0.3, -0.25) is 4.79 Å². The molecule has 0 saturated carbocycles. The van der Waals surface area contributed by atoms with Gasteiger partial charge in [-0.25, -0.2) is 22.6 Å². The summed E-state index contributed by atoms with van der Waals surface area (Å²) in [6.07, 6.45) is 0. The number of benzene rings is 2. The van der Waals surface area contributed by atoms with Gasteiger partial charge in [-0.2, -0.15) is 5.10 Å². The van der Waals surface area contributed by atoms with Crippen molar-refractivity contribution in [2.24, 2.45) is 5.14 Å². The molecule has 0 fully saturated rings. The van der Waals surface area contributed by atoms with Gasteiger partial charge in [0.05, 0.1) is 17.1 Å². The highest BCUT2D eigenvalue weighted by molar-refractivity contribution is 7.88. The van der Waals surface area contributed by atoms with E-state index in [-0.39, 0.29) is 16.5 Å². The number of anilines is 1. The molecule has 0 aliphatic carbocycles. The molecular formula is C18H16ClFN4O3S. The maximum Gasteiger partial charge on any atom is 0.260 e. The third-order valence-electron chi connectivity index (χ3n) is 3.88. The molecule has 0 radical (unpaired) electrons. The second-order valence-corrected chi connectivity index (χ2v) is 8.07. The van der Waals surface area contributed by atoms with Crippen molar-refractivity contribution < 1.29 is 17.6 Å². The molecule has 0 bridgehead atoms. The second kappa shape index (κ2) is 7.70. The van der Waals surface area contributed by atoms with Crippen LogP contribution in [-0.2, 0) is 15.8 Å². The van der Waals surface area contributed by atoms with Gasteiger partial charge >= 0.3 is 0 Å². The van der Waals surface area contributed by atoms with E-state index < -0.39 is 21.7 Å². The van der Waals surface area contributed by atoms with Gasteiger partial charge in [0.25, 0.3) is 5.91 Å². The smallest absolute Gasteiger partial charge is 0.260 e. The zero-order chi connectivity index (χ0) is 20.5. The largest absolute Gasteiger partial charge is 0.322 e. The number of nitrogens with two attached hydrogens (primary N) is 1. The highest BCUT2D eigenvalue weighted by Gasteiger charge is 2.21. The number of hydrogen-bond acceptors (Lipinski definition) is 4. The van der Waals surface area contributed by atoms with E-state index in [9.17, 15) is 17.6 Å². The summed E-state index contributed by atoms with van der Waals surface area (Å²) in [6, 6.07) is 11.8. The quantitative estimate of drug-likeness (QED) is 0.658. The third kappa shape index (κ3) is 4.56. The molecule has 3 rings (SSSR count). The van der Waals surface area contributed by atoms with Crippen LogP contribution in [0, 0.1) is 12.7 Å². The Morgan fingerprint density at radius 3 is 2.36 bits per heavy atom. The molecule has 1 heterocycles. The first kappa shape index (κ1) is 20.0. The number of nitrogens with one attached hydrogen (secondary N) is 1. The highest BCUT2D eigenvalue weighted by Crippen LogP contribution is 2.25. The number of amides is 1. The van der Waals surface area contributed by atoms with Gasteiger partial charge in [0.2, 0.25) is 10.0 Å². The lowest BCUT2D eigenvalue weighted by Gasteiger charge is -2.07. The maximum atomic E-state index is 13.1. The Hall–Kier alpha value is -2.75. The molecule has 1 aromatic heterocycles. The van der Waals surface area contributed by atoms with Gasteiger partial charge in [0.1, 0.15) is 16.5 Å². The van der Waals surface area contributed by atoms with Crippen LogP contribution in [0.25, 0.3) is 5.69 Å². The van der Waals surface area contributed by atoms with Crippen LogP contribution in [-0.4, -0.2) is 24.1 Å². The van der Waals surface area contributed by atoms with E-state index in [4.69, 9.17) is 16.7 Å². The summed E-state index contributed by atoms with van der Waals surface area (Å²) in [5, 5.41) is 12.0. The van der Waals surface area contributed by atoms with Crippen LogP contribution in [0.5, 0.6) is 0 Å². The molecule has 0 aliphatic rings.